The molecular weight excluding hydrogens is 366 g/mol. The van der Waals surface area contributed by atoms with E-state index in [9.17, 15) is 8.78 Å². The molecule has 1 aromatic carbocycles. The molecule has 0 aliphatic rings. The number of nitrogens with two attached hydrogens (primary N) is 1. The molecule has 0 aliphatic heterocycles. The number of rotatable bonds is 6. The van der Waals surface area contributed by atoms with Gasteiger partial charge in [0.25, 0.3) is 0 Å². The molecule has 0 spiro atoms. The van der Waals surface area contributed by atoms with Gasteiger partial charge in [-0.3, -0.25) is 4.68 Å². The maximum absolute atomic E-state index is 13.4. The van der Waals surface area contributed by atoms with Crippen LogP contribution in [0, 0.1) is 11.6 Å². The second-order valence-electron chi connectivity index (χ2n) is 5.67. The van der Waals surface area contributed by atoms with Crippen molar-refractivity contribution < 1.29 is 8.78 Å². The highest BCUT2D eigenvalue weighted by molar-refractivity contribution is 7.20. The van der Waals surface area contributed by atoms with E-state index in [0.717, 1.165) is 22.3 Å². The smallest absolute Gasteiger partial charge is 0.159 e. The van der Waals surface area contributed by atoms with E-state index < -0.39 is 11.6 Å². The summed E-state index contributed by atoms with van der Waals surface area (Å²) in [5.74, 6) is -1.71. The zero-order valence-electron chi connectivity index (χ0n) is 13.5. The van der Waals surface area contributed by atoms with E-state index in [0.29, 0.717) is 22.9 Å². The Kier molecular flexibility index (Phi) is 5.36. The van der Waals surface area contributed by atoms with E-state index in [1.165, 1.54) is 17.4 Å². The molecule has 0 aliphatic carbocycles. The van der Waals surface area contributed by atoms with Gasteiger partial charge in [0.15, 0.2) is 11.6 Å². The topological polar surface area (TPSA) is 55.9 Å². The quantitative estimate of drug-likeness (QED) is 0.676. The molecule has 2 aromatic heterocycles. The summed E-state index contributed by atoms with van der Waals surface area (Å²) in [7, 11) is 1.85. The molecule has 1 atom stereocenters. The first-order valence-corrected chi connectivity index (χ1v) is 8.85. The number of hydrogen-bond acceptors (Lipinski definition) is 4. The number of thiophene rings is 1. The van der Waals surface area contributed by atoms with Crippen molar-refractivity contribution in [1.82, 2.24) is 9.78 Å². The Morgan fingerprint density at radius 3 is 2.72 bits per heavy atom. The van der Waals surface area contributed by atoms with Gasteiger partial charge in [0.1, 0.15) is 4.34 Å². The molecule has 2 heterocycles. The van der Waals surface area contributed by atoms with E-state index in [-0.39, 0.29) is 6.04 Å². The fourth-order valence-electron chi connectivity index (χ4n) is 2.60. The van der Waals surface area contributed by atoms with Gasteiger partial charge in [0.05, 0.1) is 10.7 Å². The molecular formula is C17H17ClF2N4S. The fraction of sp³-hybridized carbons (Fsp3) is 0.235. The second-order valence-corrected chi connectivity index (χ2v) is 7.32. The summed E-state index contributed by atoms with van der Waals surface area (Å²) >= 11 is 7.75. The normalized spacial score (nSPS) is 12.4. The number of aryl methyl sites for hydroxylation is 1. The van der Waals surface area contributed by atoms with E-state index in [4.69, 9.17) is 17.3 Å². The van der Waals surface area contributed by atoms with E-state index in [2.05, 4.69) is 10.4 Å². The van der Waals surface area contributed by atoms with Gasteiger partial charge in [-0.15, -0.1) is 11.3 Å². The van der Waals surface area contributed by atoms with E-state index >= 15 is 0 Å². The highest BCUT2D eigenvalue weighted by Gasteiger charge is 2.15. The van der Waals surface area contributed by atoms with Crippen LogP contribution >= 0.6 is 22.9 Å². The van der Waals surface area contributed by atoms with Gasteiger partial charge < -0.3 is 11.1 Å². The minimum atomic E-state index is -0.856. The molecule has 0 fully saturated rings. The molecule has 0 unspecified atom stereocenters. The maximum Gasteiger partial charge on any atom is 0.159 e. The largest absolute Gasteiger partial charge is 0.373 e. The van der Waals surface area contributed by atoms with Crippen LogP contribution in [-0.2, 0) is 13.5 Å². The molecule has 3 N–H and O–H groups in total. The highest BCUT2D eigenvalue weighted by Crippen LogP contribution is 2.38. The van der Waals surface area contributed by atoms with Gasteiger partial charge in [-0.05, 0) is 36.2 Å². The van der Waals surface area contributed by atoms with Gasteiger partial charge >= 0.3 is 0 Å². The third-order valence-electron chi connectivity index (χ3n) is 3.88. The van der Waals surface area contributed by atoms with Crippen molar-refractivity contribution in [3.05, 3.63) is 58.1 Å². The number of benzene rings is 1. The zero-order valence-corrected chi connectivity index (χ0v) is 15.0. The Morgan fingerprint density at radius 2 is 2.08 bits per heavy atom. The van der Waals surface area contributed by atoms with Gasteiger partial charge in [0, 0.05) is 31.4 Å². The molecule has 8 heteroatoms. The first-order chi connectivity index (χ1) is 12.0. The second kappa shape index (κ2) is 7.51. The summed E-state index contributed by atoms with van der Waals surface area (Å²) in [6.45, 7) is 0.343. The molecule has 0 saturated carbocycles. The van der Waals surface area contributed by atoms with Gasteiger partial charge in [-0.25, -0.2) is 8.78 Å². The monoisotopic (exact) mass is 382 g/mol. The van der Waals surface area contributed by atoms with Crippen LogP contribution in [0.5, 0.6) is 0 Å². The Morgan fingerprint density at radius 1 is 1.28 bits per heavy atom. The molecule has 25 heavy (non-hydrogen) atoms. The zero-order chi connectivity index (χ0) is 18.0. The van der Waals surface area contributed by atoms with Crippen molar-refractivity contribution in [3.8, 4) is 11.3 Å². The number of hydrogen-bond donors (Lipinski definition) is 2. The van der Waals surface area contributed by atoms with Crippen LogP contribution in [0.2, 0.25) is 4.34 Å². The third-order valence-corrected chi connectivity index (χ3v) is 5.17. The van der Waals surface area contributed by atoms with Crippen molar-refractivity contribution >= 4 is 27.9 Å². The average Bonchev–Trinajstić information content (AvgIpc) is 3.15. The average molecular weight is 383 g/mol. The summed E-state index contributed by atoms with van der Waals surface area (Å²) in [6.07, 6.45) is 2.19. The van der Waals surface area contributed by atoms with Crippen molar-refractivity contribution in [2.75, 3.05) is 11.9 Å². The molecule has 3 rings (SSSR count). The van der Waals surface area contributed by atoms with Crippen LogP contribution in [0.15, 0.2) is 36.5 Å². The number of anilines is 1. The Bertz CT molecular complexity index is 877. The standard InChI is InChI=1S/C17H17ClF2N4S/c1-24-15(4-5-22-24)12-8-16(25-17(12)18)23-11(9-21)6-10-2-3-13(19)14(20)7-10/h2-5,7-8,11,23H,6,9,21H2,1H3/t11-/m0/s1. The number of aromatic nitrogens is 2. The lowest BCUT2D eigenvalue weighted by molar-refractivity contribution is 0.506. The summed E-state index contributed by atoms with van der Waals surface area (Å²) < 4.78 is 28.8. The van der Waals surface area contributed by atoms with Gasteiger partial charge in [0.2, 0.25) is 0 Å². The lowest BCUT2D eigenvalue weighted by Gasteiger charge is -2.17. The van der Waals surface area contributed by atoms with Gasteiger partial charge in [-0.2, -0.15) is 5.10 Å². The summed E-state index contributed by atoms with van der Waals surface area (Å²) in [5, 5.41) is 8.33. The first kappa shape index (κ1) is 17.8. The van der Waals surface area contributed by atoms with Crippen LogP contribution in [-0.4, -0.2) is 22.4 Å². The fourth-order valence-corrected chi connectivity index (χ4v) is 3.87. The first-order valence-electron chi connectivity index (χ1n) is 7.66. The van der Waals surface area contributed by atoms with Crippen LogP contribution < -0.4 is 11.1 Å². The van der Waals surface area contributed by atoms with Gasteiger partial charge in [-0.1, -0.05) is 17.7 Å². The number of nitrogens with one attached hydrogen (secondary N) is 1. The minimum Gasteiger partial charge on any atom is -0.373 e. The summed E-state index contributed by atoms with van der Waals surface area (Å²) in [4.78, 5) is 0. The molecule has 3 aromatic rings. The lowest BCUT2D eigenvalue weighted by Crippen LogP contribution is -2.30. The Hall–Kier alpha value is -1.96. The molecule has 0 amide bonds. The van der Waals surface area contributed by atoms with E-state index in [1.54, 1.807) is 16.9 Å². The summed E-state index contributed by atoms with van der Waals surface area (Å²) in [6, 6.07) is 7.59. The van der Waals surface area contributed by atoms with Crippen LogP contribution in [0.1, 0.15) is 5.56 Å². The Labute approximate surface area is 153 Å². The van der Waals surface area contributed by atoms with Crippen molar-refractivity contribution in [2.45, 2.75) is 12.5 Å². The summed E-state index contributed by atoms with van der Waals surface area (Å²) in [5.41, 5.74) is 8.31. The maximum atomic E-state index is 13.4. The molecule has 4 nitrogen and oxygen atoms in total. The Balaban J connectivity index is 1.76. The predicted octanol–water partition coefficient (Wildman–Crippen LogP) is 4.06. The van der Waals surface area contributed by atoms with Crippen molar-refractivity contribution in [3.63, 3.8) is 0 Å². The van der Waals surface area contributed by atoms with Crippen LogP contribution in [0.4, 0.5) is 13.8 Å². The third kappa shape index (κ3) is 4.00. The molecule has 0 bridgehead atoms. The SMILES string of the molecule is Cn1nccc1-c1cc(N[C@H](CN)Cc2ccc(F)c(F)c2)sc1Cl. The van der Waals surface area contributed by atoms with Crippen LogP contribution in [0.3, 0.4) is 0 Å². The highest BCUT2D eigenvalue weighted by atomic mass is 35.5. The van der Waals surface area contributed by atoms with Crippen molar-refractivity contribution in [2.24, 2.45) is 12.8 Å². The van der Waals surface area contributed by atoms with E-state index in [1.807, 2.05) is 19.2 Å². The molecule has 132 valence electrons. The predicted molar refractivity (Wildman–Crippen MR) is 98.1 cm³/mol. The minimum absolute atomic E-state index is 0.126. The number of nitrogens with zero attached hydrogens (tertiary/aromatic N) is 2. The number of halogens is 3. The van der Waals surface area contributed by atoms with Crippen LogP contribution in [0.25, 0.3) is 11.3 Å². The lowest BCUT2D eigenvalue weighted by atomic mass is 10.1. The molecule has 0 saturated heterocycles. The van der Waals surface area contributed by atoms with Crippen molar-refractivity contribution in [1.29, 1.82) is 0 Å². The molecule has 0 radical (unpaired) electrons.